The summed E-state index contributed by atoms with van der Waals surface area (Å²) in [6.45, 7) is 3.03. The van der Waals surface area contributed by atoms with Crippen molar-refractivity contribution < 1.29 is 24.1 Å². The highest BCUT2D eigenvalue weighted by Crippen LogP contribution is 2.22. The van der Waals surface area contributed by atoms with E-state index in [1.54, 1.807) is 6.92 Å². The van der Waals surface area contributed by atoms with E-state index in [-0.39, 0.29) is 0 Å². The van der Waals surface area contributed by atoms with E-state index in [9.17, 15) is 9.90 Å². The molecule has 0 aliphatic carbocycles. The number of hydrogen-bond donors (Lipinski definition) is 1. The van der Waals surface area contributed by atoms with E-state index in [1.165, 1.54) is 14.0 Å². The standard InChI is InChI=1S/C9H16O5/c1-5-9(11)7(14-6(2)10)4-8(12-3)13-5/h5,7-9,11H,4H2,1-3H3. The predicted octanol–water partition coefficient (Wildman–Crippen LogP) is 0.0603. The molecule has 0 spiro atoms. The summed E-state index contributed by atoms with van der Waals surface area (Å²) >= 11 is 0. The quantitative estimate of drug-likeness (QED) is 0.644. The van der Waals surface area contributed by atoms with Crippen molar-refractivity contribution in [2.24, 2.45) is 0 Å². The molecule has 0 aromatic rings. The third kappa shape index (κ3) is 2.67. The summed E-state index contributed by atoms with van der Waals surface area (Å²) in [5.41, 5.74) is 0. The lowest BCUT2D eigenvalue weighted by Crippen LogP contribution is -2.49. The second-order valence-corrected chi connectivity index (χ2v) is 3.38. The molecule has 1 aliphatic rings. The van der Waals surface area contributed by atoms with E-state index < -0.39 is 30.6 Å². The van der Waals surface area contributed by atoms with Gasteiger partial charge in [0.25, 0.3) is 0 Å². The molecule has 82 valence electrons. The fraction of sp³-hybridized carbons (Fsp3) is 0.889. The highest BCUT2D eigenvalue weighted by Gasteiger charge is 2.37. The van der Waals surface area contributed by atoms with Crippen molar-refractivity contribution >= 4 is 5.97 Å². The van der Waals surface area contributed by atoms with Crippen molar-refractivity contribution in [3.8, 4) is 0 Å². The Kier molecular flexibility index (Phi) is 3.86. The van der Waals surface area contributed by atoms with Crippen molar-refractivity contribution in [3.05, 3.63) is 0 Å². The second-order valence-electron chi connectivity index (χ2n) is 3.38. The SMILES string of the molecule is COC1CC(OC(C)=O)C(O)C(C)O1. The minimum atomic E-state index is -0.787. The van der Waals surface area contributed by atoms with Gasteiger partial charge in [0.1, 0.15) is 12.2 Å². The molecule has 1 N–H and O–H groups in total. The molecule has 0 aromatic heterocycles. The Bertz CT molecular complexity index is 205. The lowest BCUT2D eigenvalue weighted by atomic mass is 10.0. The van der Waals surface area contributed by atoms with Gasteiger partial charge in [-0.25, -0.2) is 0 Å². The number of carbonyl (C=O) groups excluding carboxylic acids is 1. The van der Waals surface area contributed by atoms with E-state index in [0.29, 0.717) is 6.42 Å². The van der Waals surface area contributed by atoms with Crippen LogP contribution in [0.4, 0.5) is 0 Å². The summed E-state index contributed by atoms with van der Waals surface area (Å²) in [6.07, 6.45) is -1.77. The smallest absolute Gasteiger partial charge is 0.302 e. The Morgan fingerprint density at radius 1 is 1.57 bits per heavy atom. The summed E-state index contributed by atoms with van der Waals surface area (Å²) in [5, 5.41) is 9.64. The predicted molar refractivity (Wildman–Crippen MR) is 47.5 cm³/mol. The third-order valence-electron chi connectivity index (χ3n) is 2.23. The molecule has 0 amide bonds. The van der Waals surface area contributed by atoms with Gasteiger partial charge >= 0.3 is 5.97 Å². The molecule has 14 heavy (non-hydrogen) atoms. The van der Waals surface area contributed by atoms with Crippen molar-refractivity contribution in [3.63, 3.8) is 0 Å². The fourth-order valence-corrected chi connectivity index (χ4v) is 1.49. The topological polar surface area (TPSA) is 65.0 Å². The van der Waals surface area contributed by atoms with Crippen LogP contribution < -0.4 is 0 Å². The molecule has 1 saturated heterocycles. The van der Waals surface area contributed by atoms with Gasteiger partial charge < -0.3 is 19.3 Å². The molecule has 1 heterocycles. The zero-order valence-corrected chi connectivity index (χ0v) is 8.60. The Morgan fingerprint density at radius 2 is 2.21 bits per heavy atom. The largest absolute Gasteiger partial charge is 0.459 e. The molecule has 0 bridgehead atoms. The normalized spacial score (nSPS) is 38.0. The molecule has 1 fully saturated rings. The first-order chi connectivity index (χ1) is 6.54. The van der Waals surface area contributed by atoms with E-state index in [1.807, 2.05) is 0 Å². The molecule has 4 atom stereocenters. The highest BCUT2D eigenvalue weighted by molar-refractivity contribution is 5.66. The van der Waals surface area contributed by atoms with Crippen LogP contribution in [-0.2, 0) is 19.0 Å². The fourth-order valence-electron chi connectivity index (χ4n) is 1.49. The van der Waals surface area contributed by atoms with E-state index in [2.05, 4.69) is 0 Å². The number of ether oxygens (including phenoxy) is 3. The lowest BCUT2D eigenvalue weighted by Gasteiger charge is -2.36. The molecular formula is C9H16O5. The molecule has 4 unspecified atom stereocenters. The summed E-state index contributed by atoms with van der Waals surface area (Å²) in [4.78, 5) is 10.7. The molecule has 5 nitrogen and oxygen atoms in total. The van der Waals surface area contributed by atoms with Gasteiger partial charge in [0.2, 0.25) is 0 Å². The van der Waals surface area contributed by atoms with Gasteiger partial charge in [0.15, 0.2) is 6.29 Å². The summed E-state index contributed by atoms with van der Waals surface area (Å²) < 4.78 is 15.3. The van der Waals surface area contributed by atoms with Crippen molar-refractivity contribution in [1.82, 2.24) is 0 Å². The second kappa shape index (κ2) is 4.72. The zero-order chi connectivity index (χ0) is 10.7. The summed E-state index contributed by atoms with van der Waals surface area (Å²) in [5.74, 6) is -0.405. The molecule has 1 rings (SSSR count). The monoisotopic (exact) mass is 204 g/mol. The van der Waals surface area contributed by atoms with Crippen LogP contribution in [-0.4, -0.2) is 42.8 Å². The maximum Gasteiger partial charge on any atom is 0.302 e. The van der Waals surface area contributed by atoms with Crippen LogP contribution in [0.3, 0.4) is 0 Å². The van der Waals surface area contributed by atoms with Crippen LogP contribution in [0.15, 0.2) is 0 Å². The van der Waals surface area contributed by atoms with Crippen LogP contribution >= 0.6 is 0 Å². The Balaban J connectivity index is 2.57. The highest BCUT2D eigenvalue weighted by atomic mass is 16.7. The number of aliphatic hydroxyl groups is 1. The minimum absolute atomic E-state index is 0.363. The van der Waals surface area contributed by atoms with Crippen molar-refractivity contribution in [2.75, 3.05) is 7.11 Å². The number of rotatable bonds is 2. The molecule has 0 aromatic carbocycles. The van der Waals surface area contributed by atoms with Gasteiger partial charge in [-0.15, -0.1) is 0 Å². The molecule has 0 radical (unpaired) electrons. The first kappa shape index (κ1) is 11.4. The van der Waals surface area contributed by atoms with Gasteiger partial charge in [0, 0.05) is 20.5 Å². The lowest BCUT2D eigenvalue weighted by molar-refractivity contribution is -0.242. The molecule has 0 saturated carbocycles. The zero-order valence-electron chi connectivity index (χ0n) is 8.60. The average Bonchev–Trinajstić information content (AvgIpc) is 2.11. The van der Waals surface area contributed by atoms with E-state index >= 15 is 0 Å². The van der Waals surface area contributed by atoms with E-state index in [0.717, 1.165) is 0 Å². The van der Waals surface area contributed by atoms with Crippen LogP contribution in [0.2, 0.25) is 0 Å². The maximum atomic E-state index is 10.7. The summed E-state index contributed by atoms with van der Waals surface area (Å²) in [7, 11) is 1.51. The Labute approximate surface area is 82.9 Å². The first-order valence-corrected chi connectivity index (χ1v) is 4.58. The van der Waals surface area contributed by atoms with Crippen molar-refractivity contribution in [2.45, 2.75) is 44.9 Å². The van der Waals surface area contributed by atoms with Crippen molar-refractivity contribution in [1.29, 1.82) is 0 Å². The van der Waals surface area contributed by atoms with Crippen LogP contribution in [0.1, 0.15) is 20.3 Å². The number of methoxy groups -OCH3 is 1. The van der Waals surface area contributed by atoms with E-state index in [4.69, 9.17) is 14.2 Å². The number of aliphatic hydroxyl groups excluding tert-OH is 1. The van der Waals surface area contributed by atoms with Gasteiger partial charge in [-0.2, -0.15) is 0 Å². The number of carbonyl (C=O) groups is 1. The third-order valence-corrected chi connectivity index (χ3v) is 2.23. The average molecular weight is 204 g/mol. The Morgan fingerprint density at radius 3 is 2.71 bits per heavy atom. The minimum Gasteiger partial charge on any atom is -0.459 e. The molecule has 1 aliphatic heterocycles. The van der Waals surface area contributed by atoms with Gasteiger partial charge in [-0.05, 0) is 6.92 Å². The molecular weight excluding hydrogens is 188 g/mol. The van der Waals surface area contributed by atoms with Gasteiger partial charge in [-0.3, -0.25) is 4.79 Å². The molecule has 5 heteroatoms. The van der Waals surface area contributed by atoms with Gasteiger partial charge in [0.05, 0.1) is 6.10 Å². The number of hydrogen-bond acceptors (Lipinski definition) is 5. The summed E-state index contributed by atoms with van der Waals surface area (Å²) in [6, 6.07) is 0. The maximum absolute atomic E-state index is 10.7. The van der Waals surface area contributed by atoms with Crippen LogP contribution in [0, 0.1) is 0 Å². The number of esters is 1. The van der Waals surface area contributed by atoms with Crippen LogP contribution in [0.5, 0.6) is 0 Å². The Hall–Kier alpha value is -0.650. The van der Waals surface area contributed by atoms with Crippen LogP contribution in [0.25, 0.3) is 0 Å². The van der Waals surface area contributed by atoms with Gasteiger partial charge in [-0.1, -0.05) is 0 Å². The first-order valence-electron chi connectivity index (χ1n) is 4.58.